The van der Waals surface area contributed by atoms with Crippen LogP contribution in [-0.2, 0) is 6.42 Å². The van der Waals surface area contributed by atoms with E-state index in [1.54, 1.807) is 7.11 Å². The Morgan fingerprint density at radius 3 is 3.17 bits per heavy atom. The molecular weight excluding hydrogens is 294 g/mol. The monoisotopic (exact) mass is 307 g/mol. The maximum Gasteiger partial charge on any atom is 0.141 e. The van der Waals surface area contributed by atoms with Gasteiger partial charge in [-0.2, -0.15) is 0 Å². The lowest BCUT2D eigenvalue weighted by molar-refractivity contribution is 0.237. The smallest absolute Gasteiger partial charge is 0.141 e. The van der Waals surface area contributed by atoms with Gasteiger partial charge in [0.2, 0.25) is 0 Å². The highest BCUT2D eigenvalue weighted by Gasteiger charge is 2.21. The van der Waals surface area contributed by atoms with Gasteiger partial charge in [-0.05, 0) is 24.6 Å². The van der Waals surface area contributed by atoms with Crippen LogP contribution >= 0.6 is 15.9 Å². The van der Waals surface area contributed by atoms with Gasteiger partial charge in [0.05, 0.1) is 25.4 Å². The highest BCUT2D eigenvalue weighted by Crippen LogP contribution is 2.34. The zero-order valence-corrected chi connectivity index (χ0v) is 11.7. The number of halogens is 1. The molecule has 0 spiro atoms. The molecule has 1 aliphatic heterocycles. The number of benzene rings is 1. The average molecular weight is 308 g/mol. The second kappa shape index (κ2) is 4.76. The predicted molar refractivity (Wildman–Crippen MR) is 74.8 cm³/mol. The molecule has 18 heavy (non-hydrogen) atoms. The SMILES string of the molecule is COc1ccc2ncc3c(c2c1)CC(CBr)CO3. The molecule has 0 fully saturated rings. The summed E-state index contributed by atoms with van der Waals surface area (Å²) in [5.74, 6) is 2.29. The molecule has 0 saturated heterocycles. The third-order valence-corrected chi connectivity index (χ3v) is 4.25. The van der Waals surface area contributed by atoms with Crippen LogP contribution in [0.1, 0.15) is 5.56 Å². The number of methoxy groups -OCH3 is 1. The van der Waals surface area contributed by atoms with E-state index < -0.39 is 0 Å². The number of fused-ring (bicyclic) bond motifs is 3. The van der Waals surface area contributed by atoms with Crippen molar-refractivity contribution < 1.29 is 9.47 Å². The van der Waals surface area contributed by atoms with Gasteiger partial charge < -0.3 is 9.47 Å². The summed E-state index contributed by atoms with van der Waals surface area (Å²) in [6.45, 7) is 0.759. The zero-order valence-electron chi connectivity index (χ0n) is 10.1. The van der Waals surface area contributed by atoms with Crippen molar-refractivity contribution in [2.75, 3.05) is 19.0 Å². The highest BCUT2D eigenvalue weighted by atomic mass is 79.9. The molecule has 1 aliphatic rings. The molecule has 3 rings (SSSR count). The lowest BCUT2D eigenvalue weighted by Gasteiger charge is -2.24. The van der Waals surface area contributed by atoms with Crippen LogP contribution in [0, 0.1) is 5.92 Å². The van der Waals surface area contributed by atoms with Gasteiger partial charge in [-0.1, -0.05) is 15.9 Å². The van der Waals surface area contributed by atoms with E-state index in [2.05, 4.69) is 20.9 Å². The molecule has 0 N–H and O–H groups in total. The number of nitrogens with zero attached hydrogens (tertiary/aromatic N) is 1. The molecule has 1 aromatic heterocycles. The number of ether oxygens (including phenoxy) is 2. The summed E-state index contributed by atoms with van der Waals surface area (Å²) in [5, 5.41) is 2.10. The van der Waals surface area contributed by atoms with E-state index in [-0.39, 0.29) is 0 Å². The van der Waals surface area contributed by atoms with Crippen molar-refractivity contribution in [3.8, 4) is 11.5 Å². The van der Waals surface area contributed by atoms with E-state index in [1.165, 1.54) is 5.56 Å². The number of aromatic nitrogens is 1. The Morgan fingerprint density at radius 2 is 2.39 bits per heavy atom. The van der Waals surface area contributed by atoms with Gasteiger partial charge in [0.1, 0.15) is 11.5 Å². The normalized spacial score (nSPS) is 18.2. The first-order valence-electron chi connectivity index (χ1n) is 5.96. The van der Waals surface area contributed by atoms with Gasteiger partial charge in [0.15, 0.2) is 0 Å². The number of hydrogen-bond donors (Lipinski definition) is 0. The Balaban J connectivity index is 2.16. The van der Waals surface area contributed by atoms with Gasteiger partial charge >= 0.3 is 0 Å². The largest absolute Gasteiger partial charge is 0.497 e. The fourth-order valence-corrected chi connectivity index (χ4v) is 2.74. The quantitative estimate of drug-likeness (QED) is 0.799. The van der Waals surface area contributed by atoms with Crippen LogP contribution < -0.4 is 9.47 Å². The number of pyridine rings is 1. The molecule has 94 valence electrons. The van der Waals surface area contributed by atoms with Crippen molar-refractivity contribution in [3.05, 3.63) is 30.0 Å². The molecule has 0 bridgehead atoms. The minimum atomic E-state index is 0.523. The Bertz CT molecular complexity index is 580. The molecule has 1 atom stereocenters. The highest BCUT2D eigenvalue weighted by molar-refractivity contribution is 9.09. The van der Waals surface area contributed by atoms with E-state index in [4.69, 9.17) is 9.47 Å². The molecule has 0 amide bonds. The molecule has 0 saturated carbocycles. The third kappa shape index (κ3) is 1.94. The van der Waals surface area contributed by atoms with Crippen LogP contribution in [0.5, 0.6) is 11.5 Å². The van der Waals surface area contributed by atoms with E-state index in [0.29, 0.717) is 5.92 Å². The second-order valence-corrected chi connectivity index (χ2v) is 5.17. The summed E-state index contributed by atoms with van der Waals surface area (Å²) >= 11 is 3.53. The van der Waals surface area contributed by atoms with Crippen LogP contribution in [-0.4, -0.2) is 24.0 Å². The van der Waals surface area contributed by atoms with Crippen LogP contribution in [0.3, 0.4) is 0 Å². The van der Waals surface area contributed by atoms with Crippen LogP contribution in [0.25, 0.3) is 10.9 Å². The molecule has 1 aromatic carbocycles. The van der Waals surface area contributed by atoms with Gasteiger partial charge in [0, 0.05) is 22.2 Å². The first-order chi connectivity index (χ1) is 8.81. The van der Waals surface area contributed by atoms with Crippen LogP contribution in [0.15, 0.2) is 24.4 Å². The van der Waals surface area contributed by atoms with E-state index in [1.807, 2.05) is 24.4 Å². The second-order valence-electron chi connectivity index (χ2n) is 4.52. The Kier molecular flexibility index (Phi) is 3.12. The van der Waals surface area contributed by atoms with E-state index in [9.17, 15) is 0 Å². The summed E-state index contributed by atoms with van der Waals surface area (Å²) in [5.41, 5.74) is 2.24. The molecule has 0 radical (unpaired) electrons. The number of rotatable bonds is 2. The van der Waals surface area contributed by atoms with Gasteiger partial charge in [-0.25, -0.2) is 0 Å². The first kappa shape index (κ1) is 11.8. The lowest BCUT2D eigenvalue weighted by atomic mass is 9.95. The van der Waals surface area contributed by atoms with Crippen molar-refractivity contribution in [2.45, 2.75) is 6.42 Å². The summed E-state index contributed by atoms with van der Waals surface area (Å²) in [7, 11) is 1.68. The number of alkyl halides is 1. The average Bonchev–Trinajstić information content (AvgIpc) is 2.45. The van der Waals surface area contributed by atoms with Crippen LogP contribution in [0.4, 0.5) is 0 Å². The minimum absolute atomic E-state index is 0.523. The standard InChI is InChI=1S/C14H14BrNO2/c1-17-10-2-3-13-11(5-10)12-4-9(6-15)8-18-14(12)7-16-13/h2-3,5,7,9H,4,6,8H2,1H3. The topological polar surface area (TPSA) is 31.4 Å². The van der Waals surface area contributed by atoms with Crippen molar-refractivity contribution in [2.24, 2.45) is 5.92 Å². The van der Waals surface area contributed by atoms with E-state index in [0.717, 1.165) is 40.8 Å². The molecule has 3 nitrogen and oxygen atoms in total. The summed E-state index contributed by atoms with van der Waals surface area (Å²) in [4.78, 5) is 4.43. The molecule has 2 aromatic rings. The zero-order chi connectivity index (χ0) is 12.5. The Labute approximate surface area is 114 Å². The van der Waals surface area contributed by atoms with Gasteiger partial charge in [0.25, 0.3) is 0 Å². The summed E-state index contributed by atoms with van der Waals surface area (Å²) in [6, 6.07) is 5.97. The fraction of sp³-hybridized carbons (Fsp3) is 0.357. The maximum absolute atomic E-state index is 5.78. The molecular formula is C14H14BrNO2. The maximum atomic E-state index is 5.78. The predicted octanol–water partition coefficient (Wildman–Crippen LogP) is 3.19. The van der Waals surface area contributed by atoms with Gasteiger partial charge in [-0.15, -0.1) is 0 Å². The van der Waals surface area contributed by atoms with Crippen molar-refractivity contribution >= 4 is 26.8 Å². The van der Waals surface area contributed by atoms with Crippen molar-refractivity contribution in [1.29, 1.82) is 0 Å². The Morgan fingerprint density at radius 1 is 1.50 bits per heavy atom. The minimum Gasteiger partial charge on any atom is -0.497 e. The van der Waals surface area contributed by atoms with Gasteiger partial charge in [-0.3, -0.25) is 4.98 Å². The van der Waals surface area contributed by atoms with Crippen LogP contribution in [0.2, 0.25) is 0 Å². The van der Waals surface area contributed by atoms with Crippen molar-refractivity contribution in [3.63, 3.8) is 0 Å². The summed E-state index contributed by atoms with van der Waals surface area (Å²) < 4.78 is 11.1. The fourth-order valence-electron chi connectivity index (χ4n) is 2.32. The third-order valence-electron chi connectivity index (χ3n) is 3.33. The Hall–Kier alpha value is -1.29. The number of hydrogen-bond acceptors (Lipinski definition) is 3. The molecule has 0 aliphatic carbocycles. The van der Waals surface area contributed by atoms with Crippen molar-refractivity contribution in [1.82, 2.24) is 4.98 Å². The molecule has 2 heterocycles. The van der Waals surface area contributed by atoms with E-state index >= 15 is 0 Å². The molecule has 1 unspecified atom stereocenters. The summed E-state index contributed by atoms with van der Waals surface area (Å²) in [6.07, 6.45) is 2.85. The lowest BCUT2D eigenvalue weighted by Crippen LogP contribution is -2.22. The first-order valence-corrected chi connectivity index (χ1v) is 7.08. The molecule has 4 heteroatoms.